The summed E-state index contributed by atoms with van der Waals surface area (Å²) in [5.74, 6) is 0.598. The molecule has 0 fully saturated rings. The molecule has 0 radical (unpaired) electrons. The molecule has 106 valence electrons. The number of hydrogen-bond acceptors (Lipinski definition) is 2. The summed E-state index contributed by atoms with van der Waals surface area (Å²) in [6.07, 6.45) is 7.14. The Morgan fingerprint density at radius 1 is 1.32 bits per heavy atom. The van der Waals surface area contributed by atoms with E-state index in [1.807, 2.05) is 0 Å². The van der Waals surface area contributed by atoms with Crippen LogP contribution in [0.4, 0.5) is 0 Å². The van der Waals surface area contributed by atoms with Gasteiger partial charge in [0.15, 0.2) is 0 Å². The monoisotopic (exact) mass is 261 g/mol. The quantitative estimate of drug-likeness (QED) is 0.769. The van der Waals surface area contributed by atoms with Crippen LogP contribution in [0.25, 0.3) is 0 Å². The molecule has 0 aliphatic heterocycles. The van der Waals surface area contributed by atoms with Gasteiger partial charge in [-0.3, -0.25) is 0 Å². The van der Waals surface area contributed by atoms with Gasteiger partial charge >= 0.3 is 0 Å². The number of aliphatic hydroxyl groups is 1. The maximum atomic E-state index is 9.08. The van der Waals surface area contributed by atoms with Crippen molar-refractivity contribution in [1.29, 1.82) is 0 Å². The molecule has 2 atom stereocenters. The molecule has 2 heteroatoms. The molecule has 0 spiro atoms. The van der Waals surface area contributed by atoms with Gasteiger partial charge in [-0.05, 0) is 49.3 Å². The zero-order valence-corrected chi connectivity index (χ0v) is 12.1. The normalized spacial score (nSPS) is 20.6. The van der Waals surface area contributed by atoms with Crippen LogP contribution >= 0.6 is 0 Å². The summed E-state index contributed by atoms with van der Waals surface area (Å²) in [4.78, 5) is 0. The van der Waals surface area contributed by atoms with E-state index in [9.17, 15) is 0 Å². The summed E-state index contributed by atoms with van der Waals surface area (Å²) in [6.45, 7) is 3.54. The van der Waals surface area contributed by atoms with Crippen molar-refractivity contribution in [2.24, 2.45) is 5.92 Å². The van der Waals surface area contributed by atoms with Crippen LogP contribution in [-0.2, 0) is 6.42 Å². The van der Waals surface area contributed by atoms with E-state index in [0.717, 1.165) is 19.4 Å². The lowest BCUT2D eigenvalue weighted by molar-refractivity contribution is 0.247. The van der Waals surface area contributed by atoms with Gasteiger partial charge in [-0.15, -0.1) is 0 Å². The zero-order valence-electron chi connectivity index (χ0n) is 12.1. The van der Waals surface area contributed by atoms with Gasteiger partial charge in [-0.2, -0.15) is 0 Å². The first kappa shape index (κ1) is 14.5. The molecule has 0 bridgehead atoms. The Balaban J connectivity index is 1.99. The van der Waals surface area contributed by atoms with Crippen LogP contribution in [0.5, 0.6) is 0 Å². The predicted octanol–water partition coefficient (Wildman–Crippen LogP) is 3.45. The highest BCUT2D eigenvalue weighted by Gasteiger charge is 2.18. The first-order valence-electron chi connectivity index (χ1n) is 7.77. The minimum atomic E-state index is 0.307. The van der Waals surface area contributed by atoms with Crippen molar-refractivity contribution in [1.82, 2.24) is 5.32 Å². The fourth-order valence-corrected chi connectivity index (χ4v) is 3.08. The minimum absolute atomic E-state index is 0.307. The lowest BCUT2D eigenvalue weighted by Crippen LogP contribution is -2.28. The van der Waals surface area contributed by atoms with Crippen molar-refractivity contribution in [3.8, 4) is 0 Å². The van der Waals surface area contributed by atoms with Crippen LogP contribution in [-0.4, -0.2) is 18.3 Å². The molecule has 1 aromatic rings. The molecule has 0 saturated carbocycles. The molecule has 0 saturated heterocycles. The van der Waals surface area contributed by atoms with E-state index >= 15 is 0 Å². The zero-order chi connectivity index (χ0) is 13.5. The van der Waals surface area contributed by atoms with Crippen molar-refractivity contribution in [2.75, 3.05) is 13.2 Å². The Morgan fingerprint density at radius 3 is 2.95 bits per heavy atom. The van der Waals surface area contributed by atoms with Crippen LogP contribution in [0.15, 0.2) is 24.3 Å². The van der Waals surface area contributed by atoms with Gasteiger partial charge in [0.2, 0.25) is 0 Å². The molecule has 2 N–H and O–H groups in total. The van der Waals surface area contributed by atoms with Crippen LogP contribution in [0.2, 0.25) is 0 Å². The van der Waals surface area contributed by atoms with E-state index in [2.05, 4.69) is 36.5 Å². The fraction of sp³-hybridized carbons (Fsp3) is 0.647. The Morgan fingerprint density at radius 2 is 2.16 bits per heavy atom. The van der Waals surface area contributed by atoms with E-state index in [1.165, 1.54) is 36.8 Å². The Labute approximate surface area is 117 Å². The highest BCUT2D eigenvalue weighted by Crippen LogP contribution is 2.28. The second-order valence-electron chi connectivity index (χ2n) is 5.69. The Bertz CT molecular complexity index is 377. The minimum Gasteiger partial charge on any atom is -0.396 e. The maximum Gasteiger partial charge on any atom is 0.0434 e. The number of benzene rings is 1. The van der Waals surface area contributed by atoms with Gasteiger partial charge in [0.25, 0.3) is 0 Å². The number of aryl methyl sites for hydroxylation is 1. The molecule has 0 aromatic heterocycles. The molecule has 1 aliphatic carbocycles. The van der Waals surface area contributed by atoms with E-state index < -0.39 is 0 Å². The first-order valence-corrected chi connectivity index (χ1v) is 7.77. The molecular formula is C17H27NO. The van der Waals surface area contributed by atoms with Gasteiger partial charge in [-0.1, -0.05) is 44.0 Å². The number of fused-ring (bicyclic) bond motifs is 1. The van der Waals surface area contributed by atoms with E-state index in [4.69, 9.17) is 5.11 Å². The standard InChI is InChI=1S/C17H27NO/c1-2-14(11-12-19)13-18-17-10-6-4-8-15-7-3-5-9-16(15)17/h3,5,7,9,14,17-19H,2,4,6,8,10-13H2,1H3. The smallest absolute Gasteiger partial charge is 0.0434 e. The SMILES string of the molecule is CCC(CCO)CNC1CCCCc2ccccc21. The third-order valence-corrected chi connectivity index (χ3v) is 4.39. The summed E-state index contributed by atoms with van der Waals surface area (Å²) >= 11 is 0. The highest BCUT2D eigenvalue weighted by molar-refractivity contribution is 5.31. The third-order valence-electron chi connectivity index (χ3n) is 4.39. The van der Waals surface area contributed by atoms with E-state index in [1.54, 1.807) is 0 Å². The topological polar surface area (TPSA) is 32.3 Å². The van der Waals surface area contributed by atoms with Crippen molar-refractivity contribution in [3.05, 3.63) is 35.4 Å². The fourth-order valence-electron chi connectivity index (χ4n) is 3.08. The van der Waals surface area contributed by atoms with Gasteiger partial charge in [0, 0.05) is 12.6 Å². The molecule has 1 aliphatic rings. The molecule has 0 heterocycles. The maximum absolute atomic E-state index is 9.08. The van der Waals surface area contributed by atoms with Gasteiger partial charge < -0.3 is 10.4 Å². The van der Waals surface area contributed by atoms with Crippen molar-refractivity contribution in [2.45, 2.75) is 51.5 Å². The number of aliphatic hydroxyl groups excluding tert-OH is 1. The number of nitrogens with one attached hydrogen (secondary N) is 1. The van der Waals surface area contributed by atoms with Crippen LogP contribution in [0.3, 0.4) is 0 Å². The number of hydrogen-bond donors (Lipinski definition) is 2. The first-order chi connectivity index (χ1) is 9.35. The number of rotatable bonds is 6. The molecule has 2 unspecified atom stereocenters. The largest absolute Gasteiger partial charge is 0.396 e. The van der Waals surface area contributed by atoms with Gasteiger partial charge in [-0.25, -0.2) is 0 Å². The van der Waals surface area contributed by atoms with Crippen molar-refractivity contribution >= 4 is 0 Å². The van der Waals surface area contributed by atoms with Crippen LogP contribution in [0, 0.1) is 5.92 Å². The molecule has 0 amide bonds. The van der Waals surface area contributed by atoms with Crippen molar-refractivity contribution < 1.29 is 5.11 Å². The van der Waals surface area contributed by atoms with Gasteiger partial charge in [0.1, 0.15) is 0 Å². The van der Waals surface area contributed by atoms with E-state index in [-0.39, 0.29) is 0 Å². The summed E-state index contributed by atoms with van der Waals surface area (Å²) in [6, 6.07) is 9.38. The average Bonchev–Trinajstić information content (AvgIpc) is 2.66. The second kappa shape index (κ2) is 7.66. The average molecular weight is 261 g/mol. The predicted molar refractivity (Wildman–Crippen MR) is 80.2 cm³/mol. The summed E-state index contributed by atoms with van der Waals surface area (Å²) in [5.41, 5.74) is 3.02. The summed E-state index contributed by atoms with van der Waals surface area (Å²) < 4.78 is 0. The Kier molecular flexibility index (Phi) is 5.87. The lowest BCUT2D eigenvalue weighted by atomic mass is 9.97. The Hall–Kier alpha value is -0.860. The van der Waals surface area contributed by atoms with Crippen LogP contribution in [0.1, 0.15) is 56.2 Å². The third kappa shape index (κ3) is 4.05. The molecule has 2 rings (SSSR count). The van der Waals surface area contributed by atoms with E-state index in [0.29, 0.717) is 18.6 Å². The molecular weight excluding hydrogens is 234 g/mol. The summed E-state index contributed by atoms with van der Waals surface area (Å²) in [7, 11) is 0. The van der Waals surface area contributed by atoms with Gasteiger partial charge in [0.05, 0.1) is 0 Å². The molecule has 2 nitrogen and oxygen atoms in total. The summed E-state index contributed by atoms with van der Waals surface area (Å²) in [5, 5.41) is 12.8. The second-order valence-corrected chi connectivity index (χ2v) is 5.69. The molecule has 1 aromatic carbocycles. The van der Waals surface area contributed by atoms with Crippen LogP contribution < -0.4 is 5.32 Å². The lowest BCUT2D eigenvalue weighted by Gasteiger charge is -2.22. The van der Waals surface area contributed by atoms with Crippen molar-refractivity contribution in [3.63, 3.8) is 0 Å². The molecule has 19 heavy (non-hydrogen) atoms. The highest BCUT2D eigenvalue weighted by atomic mass is 16.3.